The van der Waals surface area contributed by atoms with E-state index in [2.05, 4.69) is 58.4 Å². The van der Waals surface area contributed by atoms with Crippen LogP contribution < -0.4 is 4.72 Å². The van der Waals surface area contributed by atoms with E-state index >= 15 is 0 Å². The lowest BCUT2D eigenvalue weighted by atomic mass is 9.62. The minimum Gasteiger partial charge on any atom is -0.464 e. The van der Waals surface area contributed by atoms with Crippen LogP contribution in [0.15, 0.2) is 12.1 Å². The van der Waals surface area contributed by atoms with Gasteiger partial charge in [0, 0.05) is 5.25 Å². The molecule has 23 heavy (non-hydrogen) atoms. The van der Waals surface area contributed by atoms with Crippen molar-refractivity contribution in [1.29, 1.82) is 0 Å². The third-order valence-corrected chi connectivity index (χ3v) is 6.15. The van der Waals surface area contributed by atoms with E-state index in [-0.39, 0.29) is 16.1 Å². The van der Waals surface area contributed by atoms with Crippen LogP contribution in [0.3, 0.4) is 0 Å². The first-order valence-electron chi connectivity index (χ1n) is 8.41. The molecule has 0 spiro atoms. The number of aryl methyl sites for hydroxylation is 1. The molecule has 0 radical (unpaired) electrons. The Morgan fingerprint density at radius 2 is 1.74 bits per heavy atom. The molecule has 0 bridgehead atoms. The summed E-state index contributed by atoms with van der Waals surface area (Å²) >= 11 is 1.27. The summed E-state index contributed by atoms with van der Waals surface area (Å²) in [4.78, 5) is 10.8. The zero-order chi connectivity index (χ0) is 17.4. The van der Waals surface area contributed by atoms with Gasteiger partial charge in [-0.1, -0.05) is 46.8 Å². The molecule has 0 aliphatic heterocycles. The molecule has 1 atom stereocenters. The van der Waals surface area contributed by atoms with Crippen molar-refractivity contribution in [3.05, 3.63) is 34.4 Å². The number of carbonyl (C=O) groups is 1. The maximum atomic E-state index is 10.8. The van der Waals surface area contributed by atoms with E-state index in [0.29, 0.717) is 0 Å². The van der Waals surface area contributed by atoms with Gasteiger partial charge in [0.05, 0.1) is 0 Å². The van der Waals surface area contributed by atoms with Gasteiger partial charge in [-0.25, -0.2) is 4.79 Å². The molecule has 0 fully saturated rings. The van der Waals surface area contributed by atoms with Crippen molar-refractivity contribution < 1.29 is 9.90 Å². The van der Waals surface area contributed by atoms with E-state index < -0.39 is 6.09 Å². The Bertz CT molecular complexity index is 608. The molecule has 1 aliphatic carbocycles. The summed E-state index contributed by atoms with van der Waals surface area (Å²) in [5.41, 5.74) is 5.89. The van der Waals surface area contributed by atoms with Gasteiger partial charge in [0.25, 0.3) is 0 Å². The number of fused-ring (bicyclic) bond motifs is 1. The van der Waals surface area contributed by atoms with Gasteiger partial charge in [-0.3, -0.25) is 4.72 Å². The van der Waals surface area contributed by atoms with E-state index in [1.807, 2.05) is 0 Å². The first kappa shape index (κ1) is 18.2. The highest BCUT2D eigenvalue weighted by Gasteiger charge is 2.37. The Balaban J connectivity index is 2.51. The standard InChI is InChI=1S/C19H29NO2S/c1-7-13-10-15-16(19(5,6)9-8-18(15,3)4)11-14(13)12(2)23-20-17(21)22/h10-12,20H,7-9H2,1-6H3,(H,21,22). The highest BCUT2D eigenvalue weighted by atomic mass is 32.2. The molecule has 0 heterocycles. The zero-order valence-corrected chi connectivity index (χ0v) is 15.9. The molecule has 2 N–H and O–H groups in total. The summed E-state index contributed by atoms with van der Waals surface area (Å²) in [6, 6.07) is 4.72. The largest absolute Gasteiger partial charge is 0.464 e. The van der Waals surface area contributed by atoms with Crippen LogP contribution in [0.4, 0.5) is 4.79 Å². The number of carboxylic acid groups (broad SMARTS) is 1. The third-order valence-electron chi connectivity index (χ3n) is 5.25. The molecule has 1 amide bonds. The summed E-state index contributed by atoms with van der Waals surface area (Å²) < 4.78 is 2.45. The van der Waals surface area contributed by atoms with Gasteiger partial charge in [-0.2, -0.15) is 0 Å². The van der Waals surface area contributed by atoms with Crippen LogP contribution in [0, 0.1) is 0 Å². The van der Waals surface area contributed by atoms with E-state index in [4.69, 9.17) is 5.11 Å². The minimum atomic E-state index is -0.987. The van der Waals surface area contributed by atoms with E-state index in [0.717, 1.165) is 6.42 Å². The third kappa shape index (κ3) is 3.68. The molecule has 4 heteroatoms. The van der Waals surface area contributed by atoms with Gasteiger partial charge in [0.1, 0.15) is 0 Å². The van der Waals surface area contributed by atoms with Gasteiger partial charge in [-0.15, -0.1) is 0 Å². The van der Waals surface area contributed by atoms with Gasteiger partial charge in [0.2, 0.25) is 0 Å². The monoisotopic (exact) mass is 335 g/mol. The molecular formula is C19H29NO2S. The fourth-order valence-corrected chi connectivity index (χ4v) is 4.19. The number of amides is 1. The van der Waals surface area contributed by atoms with Crippen molar-refractivity contribution in [3.63, 3.8) is 0 Å². The lowest BCUT2D eigenvalue weighted by Crippen LogP contribution is -2.34. The van der Waals surface area contributed by atoms with Crippen molar-refractivity contribution >= 4 is 18.0 Å². The van der Waals surface area contributed by atoms with Crippen LogP contribution in [0.2, 0.25) is 0 Å². The summed E-state index contributed by atoms with van der Waals surface area (Å²) in [7, 11) is 0. The van der Waals surface area contributed by atoms with Crippen LogP contribution >= 0.6 is 11.9 Å². The van der Waals surface area contributed by atoms with Gasteiger partial charge >= 0.3 is 6.09 Å². The fourth-order valence-electron chi connectivity index (χ4n) is 3.56. The van der Waals surface area contributed by atoms with Crippen LogP contribution in [0.1, 0.15) is 81.9 Å². The van der Waals surface area contributed by atoms with Crippen molar-refractivity contribution in [3.8, 4) is 0 Å². The predicted octanol–water partition coefficient (Wildman–Crippen LogP) is 5.57. The van der Waals surface area contributed by atoms with Crippen LogP contribution in [-0.2, 0) is 17.3 Å². The second-order valence-electron chi connectivity index (χ2n) is 7.89. The number of hydrogen-bond acceptors (Lipinski definition) is 2. The molecule has 128 valence electrons. The van der Waals surface area contributed by atoms with Gasteiger partial charge < -0.3 is 5.11 Å². The summed E-state index contributed by atoms with van der Waals surface area (Å²) in [6.45, 7) is 13.6. The highest BCUT2D eigenvalue weighted by molar-refractivity contribution is 7.98. The number of rotatable bonds is 4. The average molecular weight is 336 g/mol. The van der Waals surface area contributed by atoms with E-state index in [1.165, 1.54) is 47.0 Å². The number of benzene rings is 1. The first-order valence-corrected chi connectivity index (χ1v) is 9.29. The lowest BCUT2D eigenvalue weighted by molar-refractivity contribution is 0.202. The van der Waals surface area contributed by atoms with E-state index in [9.17, 15) is 4.79 Å². The Morgan fingerprint density at radius 3 is 2.22 bits per heavy atom. The van der Waals surface area contributed by atoms with Crippen molar-refractivity contribution in [2.75, 3.05) is 0 Å². The van der Waals surface area contributed by atoms with Crippen LogP contribution in [0.5, 0.6) is 0 Å². The molecular weight excluding hydrogens is 306 g/mol. The maximum Gasteiger partial charge on any atom is 0.414 e. The molecule has 1 aliphatic rings. The van der Waals surface area contributed by atoms with Crippen molar-refractivity contribution in [2.45, 2.75) is 76.9 Å². The molecule has 0 aromatic heterocycles. The Morgan fingerprint density at radius 1 is 1.22 bits per heavy atom. The second-order valence-corrected chi connectivity index (χ2v) is 9.03. The molecule has 0 saturated heterocycles. The summed E-state index contributed by atoms with van der Waals surface area (Å²) in [6.07, 6.45) is 2.38. The topological polar surface area (TPSA) is 49.3 Å². The first-order chi connectivity index (χ1) is 10.6. The Hall–Kier alpha value is -1.16. The van der Waals surface area contributed by atoms with Crippen LogP contribution in [-0.4, -0.2) is 11.2 Å². The number of nitrogens with one attached hydrogen (secondary N) is 1. The second kappa shape index (κ2) is 6.39. The lowest BCUT2D eigenvalue weighted by Gasteiger charge is -2.42. The normalized spacial score (nSPS) is 19.7. The molecule has 3 nitrogen and oxygen atoms in total. The quantitative estimate of drug-likeness (QED) is 0.707. The maximum absolute atomic E-state index is 10.8. The molecule has 1 unspecified atom stereocenters. The minimum absolute atomic E-state index is 0.104. The SMILES string of the molecule is CCc1cc2c(cc1C(C)SNC(=O)O)C(C)(C)CCC2(C)C. The van der Waals surface area contributed by atoms with Crippen molar-refractivity contribution in [1.82, 2.24) is 4.72 Å². The smallest absolute Gasteiger partial charge is 0.414 e. The summed E-state index contributed by atoms with van der Waals surface area (Å²) in [5.74, 6) is 0. The molecule has 1 aromatic rings. The molecule has 2 rings (SSSR count). The van der Waals surface area contributed by atoms with Gasteiger partial charge in [0.15, 0.2) is 0 Å². The van der Waals surface area contributed by atoms with E-state index in [1.54, 1.807) is 0 Å². The van der Waals surface area contributed by atoms with Crippen molar-refractivity contribution in [2.24, 2.45) is 0 Å². The average Bonchev–Trinajstić information content (AvgIpc) is 2.48. The molecule has 0 saturated carbocycles. The highest BCUT2D eigenvalue weighted by Crippen LogP contribution is 2.47. The van der Waals surface area contributed by atoms with Crippen LogP contribution in [0.25, 0.3) is 0 Å². The summed E-state index contributed by atoms with van der Waals surface area (Å²) in [5, 5.41) is 8.95. The Labute approximate surface area is 144 Å². The van der Waals surface area contributed by atoms with Gasteiger partial charge in [-0.05, 0) is 71.2 Å². The fraction of sp³-hybridized carbons (Fsp3) is 0.632. The predicted molar refractivity (Wildman–Crippen MR) is 98.3 cm³/mol. The Kier molecular flexibility index (Phi) is 5.05. The molecule has 1 aromatic carbocycles. The number of hydrogen-bond donors (Lipinski definition) is 2. The zero-order valence-electron chi connectivity index (χ0n) is 15.1.